The predicted molar refractivity (Wildman–Crippen MR) is 90.1 cm³/mol. The first-order valence-corrected chi connectivity index (χ1v) is 8.19. The lowest BCUT2D eigenvalue weighted by Crippen LogP contribution is -2.29. The largest absolute Gasteiger partial charge is 0.481 e. The number of rotatable bonds is 7. The molecule has 1 aromatic carbocycles. The van der Waals surface area contributed by atoms with Crippen molar-refractivity contribution < 1.29 is 9.90 Å². The van der Waals surface area contributed by atoms with E-state index in [1.54, 1.807) is 0 Å². The van der Waals surface area contributed by atoms with Crippen LogP contribution < -0.4 is 5.32 Å². The zero-order valence-corrected chi connectivity index (χ0v) is 13.5. The third-order valence-corrected chi connectivity index (χ3v) is 4.71. The van der Waals surface area contributed by atoms with Gasteiger partial charge in [0.2, 0.25) is 0 Å². The summed E-state index contributed by atoms with van der Waals surface area (Å²) in [4.78, 5) is 16.2. The van der Waals surface area contributed by atoms with E-state index in [1.807, 2.05) is 24.3 Å². The number of fused-ring (bicyclic) bond motifs is 1. The molecule has 1 heterocycles. The van der Waals surface area contributed by atoms with Gasteiger partial charge in [0.1, 0.15) is 5.01 Å². The minimum atomic E-state index is -0.862. The highest BCUT2D eigenvalue weighted by Crippen LogP contribution is 2.30. The highest BCUT2D eigenvalue weighted by Gasteiger charge is 2.23. The summed E-state index contributed by atoms with van der Waals surface area (Å²) in [5, 5.41) is 13.1. The molecule has 0 saturated carbocycles. The third kappa shape index (κ3) is 4.22. The Labute approximate surface area is 133 Å². The Kier molecular flexibility index (Phi) is 5.64. The predicted octanol–water partition coefficient (Wildman–Crippen LogP) is 3.57. The number of aromatic nitrogens is 1. The van der Waals surface area contributed by atoms with Gasteiger partial charge in [0.05, 0.1) is 27.5 Å². The standard InChI is InChI=1S/C15H18N2O2S2/c1-2-3-8-16-14(20)10(9-13(18)19)15-17-11-6-4-5-7-12(11)21-15/h4-7,10H,2-3,8-9H2,1H3,(H,16,20)(H,18,19). The maximum atomic E-state index is 11.1. The summed E-state index contributed by atoms with van der Waals surface area (Å²) in [5.74, 6) is -1.22. The molecule has 2 aromatic rings. The van der Waals surface area contributed by atoms with Crippen LogP contribution in [0, 0.1) is 0 Å². The number of benzene rings is 1. The van der Waals surface area contributed by atoms with Crippen LogP contribution in [0.2, 0.25) is 0 Å². The molecule has 0 aliphatic carbocycles. The van der Waals surface area contributed by atoms with Crippen LogP contribution in [-0.2, 0) is 4.79 Å². The average Bonchev–Trinajstić information content (AvgIpc) is 2.88. The van der Waals surface area contributed by atoms with Gasteiger partial charge in [-0.05, 0) is 18.6 Å². The number of nitrogens with one attached hydrogen (secondary N) is 1. The average molecular weight is 322 g/mol. The molecular weight excluding hydrogens is 304 g/mol. The number of carboxylic acid groups (broad SMARTS) is 1. The number of hydrogen-bond acceptors (Lipinski definition) is 4. The number of unbranched alkanes of at least 4 members (excludes halogenated alkanes) is 1. The Morgan fingerprint density at radius 3 is 2.90 bits per heavy atom. The monoisotopic (exact) mass is 322 g/mol. The first-order chi connectivity index (χ1) is 10.1. The molecule has 2 N–H and O–H groups in total. The molecule has 1 aromatic heterocycles. The van der Waals surface area contributed by atoms with E-state index in [2.05, 4.69) is 17.2 Å². The number of aliphatic carboxylic acids is 1. The Morgan fingerprint density at radius 1 is 1.48 bits per heavy atom. The number of thiocarbonyl (C=S) groups is 1. The van der Waals surface area contributed by atoms with Crippen molar-refractivity contribution in [3.63, 3.8) is 0 Å². The molecule has 0 aliphatic rings. The summed E-state index contributed by atoms with van der Waals surface area (Å²) < 4.78 is 1.05. The van der Waals surface area contributed by atoms with Gasteiger partial charge in [-0.1, -0.05) is 37.7 Å². The lowest BCUT2D eigenvalue weighted by molar-refractivity contribution is -0.137. The molecule has 1 unspecified atom stereocenters. The van der Waals surface area contributed by atoms with Crippen molar-refractivity contribution in [3.05, 3.63) is 29.3 Å². The Balaban J connectivity index is 2.22. The van der Waals surface area contributed by atoms with Crippen molar-refractivity contribution >= 4 is 44.7 Å². The Hall–Kier alpha value is -1.53. The molecule has 1 atom stereocenters. The molecule has 0 bridgehead atoms. The Bertz CT molecular complexity index is 606. The minimum Gasteiger partial charge on any atom is -0.481 e. The van der Waals surface area contributed by atoms with Crippen molar-refractivity contribution in [2.45, 2.75) is 32.1 Å². The SMILES string of the molecule is CCCCNC(=S)C(CC(=O)O)c1nc2ccccc2s1. The van der Waals surface area contributed by atoms with Gasteiger partial charge in [0, 0.05) is 6.54 Å². The number of nitrogens with zero attached hydrogens (tertiary/aromatic N) is 1. The normalized spacial score (nSPS) is 12.2. The summed E-state index contributed by atoms with van der Waals surface area (Å²) in [5.41, 5.74) is 0.893. The highest BCUT2D eigenvalue weighted by molar-refractivity contribution is 7.80. The maximum Gasteiger partial charge on any atom is 0.304 e. The summed E-state index contributed by atoms with van der Waals surface area (Å²) in [6, 6.07) is 7.80. The number of para-hydroxylation sites is 1. The topological polar surface area (TPSA) is 62.2 Å². The number of carboxylic acids is 1. The number of carbonyl (C=O) groups is 1. The molecule has 4 nitrogen and oxygen atoms in total. The molecule has 0 amide bonds. The van der Waals surface area contributed by atoms with Crippen molar-refractivity contribution in [3.8, 4) is 0 Å². The molecule has 6 heteroatoms. The van der Waals surface area contributed by atoms with Gasteiger partial charge < -0.3 is 10.4 Å². The maximum absolute atomic E-state index is 11.1. The van der Waals surface area contributed by atoms with Crippen LogP contribution in [0.1, 0.15) is 37.1 Å². The lowest BCUT2D eigenvalue weighted by Gasteiger charge is -2.15. The van der Waals surface area contributed by atoms with Gasteiger partial charge in [-0.25, -0.2) is 4.98 Å². The first-order valence-electron chi connectivity index (χ1n) is 6.96. The highest BCUT2D eigenvalue weighted by atomic mass is 32.1. The lowest BCUT2D eigenvalue weighted by atomic mass is 10.1. The summed E-state index contributed by atoms with van der Waals surface area (Å²) in [6.07, 6.45) is 2.05. The molecule has 21 heavy (non-hydrogen) atoms. The molecule has 0 fully saturated rings. The van der Waals surface area contributed by atoms with Gasteiger partial charge in [-0.3, -0.25) is 4.79 Å². The van der Waals surface area contributed by atoms with E-state index in [9.17, 15) is 4.79 Å². The van der Waals surface area contributed by atoms with Crippen molar-refractivity contribution in [2.24, 2.45) is 0 Å². The minimum absolute atomic E-state index is 0.0300. The number of thiazole rings is 1. The molecule has 112 valence electrons. The van der Waals surface area contributed by atoms with Crippen LogP contribution in [0.4, 0.5) is 0 Å². The second-order valence-electron chi connectivity index (χ2n) is 4.81. The smallest absolute Gasteiger partial charge is 0.304 e. The van der Waals surface area contributed by atoms with Crippen molar-refractivity contribution in [1.82, 2.24) is 10.3 Å². The van der Waals surface area contributed by atoms with Crippen LogP contribution in [0.5, 0.6) is 0 Å². The van der Waals surface area contributed by atoms with Crippen LogP contribution in [0.15, 0.2) is 24.3 Å². The summed E-state index contributed by atoms with van der Waals surface area (Å²) in [7, 11) is 0. The van der Waals surface area contributed by atoms with Crippen LogP contribution in [-0.4, -0.2) is 27.6 Å². The summed E-state index contributed by atoms with van der Waals surface area (Å²) in [6.45, 7) is 2.88. The van der Waals surface area contributed by atoms with Gasteiger partial charge in [-0.2, -0.15) is 0 Å². The van der Waals surface area contributed by atoms with Crippen LogP contribution >= 0.6 is 23.6 Å². The molecule has 2 rings (SSSR count). The zero-order valence-electron chi connectivity index (χ0n) is 11.8. The number of hydrogen-bond donors (Lipinski definition) is 2. The van der Waals surface area contributed by atoms with E-state index < -0.39 is 5.97 Å². The summed E-state index contributed by atoms with van der Waals surface area (Å²) >= 11 is 6.90. The van der Waals surface area contributed by atoms with E-state index in [4.69, 9.17) is 17.3 Å². The second kappa shape index (κ2) is 7.47. The van der Waals surface area contributed by atoms with Gasteiger partial charge in [0.25, 0.3) is 0 Å². The Morgan fingerprint density at radius 2 is 2.24 bits per heavy atom. The van der Waals surface area contributed by atoms with Gasteiger partial charge in [-0.15, -0.1) is 11.3 Å². The first kappa shape index (κ1) is 15.9. The fourth-order valence-electron chi connectivity index (χ4n) is 2.02. The van der Waals surface area contributed by atoms with E-state index >= 15 is 0 Å². The zero-order chi connectivity index (χ0) is 15.2. The molecule has 0 aliphatic heterocycles. The van der Waals surface area contributed by atoms with Gasteiger partial charge in [0.15, 0.2) is 0 Å². The van der Waals surface area contributed by atoms with Gasteiger partial charge >= 0.3 is 5.97 Å². The van der Waals surface area contributed by atoms with E-state index in [-0.39, 0.29) is 12.3 Å². The molecule has 0 saturated heterocycles. The van der Waals surface area contributed by atoms with Crippen LogP contribution in [0.3, 0.4) is 0 Å². The van der Waals surface area contributed by atoms with Crippen molar-refractivity contribution in [2.75, 3.05) is 6.54 Å². The third-order valence-electron chi connectivity index (χ3n) is 3.13. The van der Waals surface area contributed by atoms with E-state index in [0.29, 0.717) is 4.99 Å². The fraction of sp³-hybridized carbons (Fsp3) is 0.400. The quantitative estimate of drug-likeness (QED) is 0.603. The van der Waals surface area contributed by atoms with Crippen LogP contribution in [0.25, 0.3) is 10.2 Å². The van der Waals surface area contributed by atoms with E-state index in [0.717, 1.165) is 34.6 Å². The molecule has 0 radical (unpaired) electrons. The fourth-order valence-corrected chi connectivity index (χ4v) is 3.47. The van der Waals surface area contributed by atoms with E-state index in [1.165, 1.54) is 11.3 Å². The second-order valence-corrected chi connectivity index (χ2v) is 6.32. The van der Waals surface area contributed by atoms with Crippen molar-refractivity contribution in [1.29, 1.82) is 0 Å². The molecule has 0 spiro atoms. The molecular formula is C15H18N2O2S2.